The number of aryl methyl sites for hydroxylation is 2. The third-order valence-electron chi connectivity index (χ3n) is 3.26. The largest absolute Gasteiger partial charge is 0.376 e. The Labute approximate surface area is 120 Å². The SMILES string of the molecule is CCc1cccc(C)c1NCc1nc(CC(C)C)no1. The van der Waals surface area contributed by atoms with Crippen molar-refractivity contribution in [3.63, 3.8) is 0 Å². The molecule has 0 saturated heterocycles. The molecular formula is C16H23N3O. The molecule has 0 amide bonds. The Morgan fingerprint density at radius 3 is 2.80 bits per heavy atom. The Hall–Kier alpha value is -1.84. The van der Waals surface area contributed by atoms with Gasteiger partial charge in [-0.3, -0.25) is 0 Å². The van der Waals surface area contributed by atoms with Crippen LogP contribution in [0.15, 0.2) is 22.7 Å². The average Bonchev–Trinajstić information content (AvgIpc) is 2.83. The molecule has 0 spiro atoms. The van der Waals surface area contributed by atoms with Crippen LogP contribution in [-0.4, -0.2) is 10.1 Å². The lowest BCUT2D eigenvalue weighted by Crippen LogP contribution is -2.04. The molecule has 4 heteroatoms. The number of aromatic nitrogens is 2. The van der Waals surface area contributed by atoms with Gasteiger partial charge in [0.15, 0.2) is 5.82 Å². The summed E-state index contributed by atoms with van der Waals surface area (Å²) in [7, 11) is 0. The Morgan fingerprint density at radius 1 is 1.30 bits per heavy atom. The van der Waals surface area contributed by atoms with Gasteiger partial charge in [-0.15, -0.1) is 0 Å². The maximum absolute atomic E-state index is 5.28. The molecule has 0 aliphatic rings. The summed E-state index contributed by atoms with van der Waals surface area (Å²) in [6.45, 7) is 9.14. The van der Waals surface area contributed by atoms with Crippen LogP contribution in [-0.2, 0) is 19.4 Å². The number of hydrogen-bond acceptors (Lipinski definition) is 4. The minimum Gasteiger partial charge on any atom is -0.376 e. The molecule has 108 valence electrons. The number of rotatable bonds is 6. The van der Waals surface area contributed by atoms with E-state index in [1.165, 1.54) is 16.8 Å². The second-order valence-electron chi connectivity index (χ2n) is 5.52. The monoisotopic (exact) mass is 273 g/mol. The van der Waals surface area contributed by atoms with E-state index in [1.54, 1.807) is 0 Å². The Bertz CT molecular complexity index is 561. The quantitative estimate of drug-likeness (QED) is 0.870. The standard InChI is InChI=1S/C16H23N3O/c1-5-13-8-6-7-12(4)16(13)17-10-15-18-14(19-20-15)9-11(2)3/h6-8,11,17H,5,9-10H2,1-4H3. The molecule has 20 heavy (non-hydrogen) atoms. The van der Waals surface area contributed by atoms with Crippen LogP contribution in [0.5, 0.6) is 0 Å². The molecule has 0 radical (unpaired) electrons. The van der Waals surface area contributed by atoms with E-state index in [2.05, 4.69) is 61.4 Å². The molecule has 1 heterocycles. The molecule has 0 aliphatic carbocycles. The summed E-state index contributed by atoms with van der Waals surface area (Å²) < 4.78 is 5.28. The van der Waals surface area contributed by atoms with Crippen LogP contribution in [0.4, 0.5) is 5.69 Å². The van der Waals surface area contributed by atoms with Crippen molar-refractivity contribution in [2.45, 2.75) is 47.1 Å². The normalized spacial score (nSPS) is 11.1. The van der Waals surface area contributed by atoms with Crippen molar-refractivity contribution >= 4 is 5.69 Å². The van der Waals surface area contributed by atoms with Crippen LogP contribution in [0.1, 0.15) is 43.6 Å². The second kappa shape index (κ2) is 6.55. The Kier molecular flexibility index (Phi) is 4.77. The van der Waals surface area contributed by atoms with E-state index in [9.17, 15) is 0 Å². The van der Waals surface area contributed by atoms with Gasteiger partial charge in [0.2, 0.25) is 5.89 Å². The Balaban J connectivity index is 2.03. The van der Waals surface area contributed by atoms with Crippen LogP contribution < -0.4 is 5.32 Å². The van der Waals surface area contributed by atoms with Crippen LogP contribution in [0, 0.1) is 12.8 Å². The molecule has 0 saturated carbocycles. The predicted octanol–water partition coefficient (Wildman–Crippen LogP) is 3.75. The third-order valence-corrected chi connectivity index (χ3v) is 3.26. The smallest absolute Gasteiger partial charge is 0.245 e. The molecule has 1 aromatic carbocycles. The lowest BCUT2D eigenvalue weighted by Gasteiger charge is -2.12. The molecular weight excluding hydrogens is 250 g/mol. The van der Waals surface area contributed by atoms with Crippen molar-refractivity contribution < 1.29 is 4.52 Å². The molecule has 0 aliphatic heterocycles. The van der Waals surface area contributed by atoms with Gasteiger partial charge in [0.05, 0.1) is 6.54 Å². The van der Waals surface area contributed by atoms with Crippen molar-refractivity contribution in [1.29, 1.82) is 0 Å². The third kappa shape index (κ3) is 3.59. The second-order valence-corrected chi connectivity index (χ2v) is 5.52. The van der Waals surface area contributed by atoms with E-state index in [1.807, 2.05) is 0 Å². The van der Waals surface area contributed by atoms with Gasteiger partial charge in [0.1, 0.15) is 0 Å². The molecule has 2 aromatic rings. The first kappa shape index (κ1) is 14.6. The van der Waals surface area contributed by atoms with Crippen molar-refractivity contribution in [2.75, 3.05) is 5.32 Å². The number of anilines is 1. The summed E-state index contributed by atoms with van der Waals surface area (Å²) in [5.41, 5.74) is 3.73. The van der Waals surface area contributed by atoms with Crippen LogP contribution in [0.25, 0.3) is 0 Å². The van der Waals surface area contributed by atoms with E-state index in [0.29, 0.717) is 18.4 Å². The summed E-state index contributed by atoms with van der Waals surface area (Å²) in [5, 5.41) is 7.43. The van der Waals surface area contributed by atoms with E-state index in [4.69, 9.17) is 4.52 Å². The van der Waals surface area contributed by atoms with Gasteiger partial charge in [-0.1, -0.05) is 44.1 Å². The van der Waals surface area contributed by atoms with Gasteiger partial charge >= 0.3 is 0 Å². The van der Waals surface area contributed by atoms with Gasteiger partial charge < -0.3 is 9.84 Å². The molecule has 1 N–H and O–H groups in total. The summed E-state index contributed by atoms with van der Waals surface area (Å²) in [6, 6.07) is 6.35. The number of benzene rings is 1. The summed E-state index contributed by atoms with van der Waals surface area (Å²) in [6.07, 6.45) is 1.86. The topological polar surface area (TPSA) is 51.0 Å². The fourth-order valence-electron chi connectivity index (χ4n) is 2.25. The fraction of sp³-hybridized carbons (Fsp3) is 0.500. The Morgan fingerprint density at radius 2 is 2.10 bits per heavy atom. The van der Waals surface area contributed by atoms with Gasteiger partial charge in [-0.2, -0.15) is 4.98 Å². The molecule has 1 aromatic heterocycles. The molecule has 4 nitrogen and oxygen atoms in total. The molecule has 0 fully saturated rings. The average molecular weight is 273 g/mol. The van der Waals surface area contributed by atoms with Crippen molar-refractivity contribution in [2.24, 2.45) is 5.92 Å². The van der Waals surface area contributed by atoms with Crippen LogP contribution >= 0.6 is 0 Å². The first-order valence-electron chi connectivity index (χ1n) is 7.24. The fourth-order valence-corrected chi connectivity index (χ4v) is 2.25. The first-order chi connectivity index (χ1) is 9.60. The number of nitrogens with zero attached hydrogens (tertiary/aromatic N) is 2. The first-order valence-corrected chi connectivity index (χ1v) is 7.24. The predicted molar refractivity (Wildman–Crippen MR) is 80.7 cm³/mol. The van der Waals surface area contributed by atoms with E-state index >= 15 is 0 Å². The number of hydrogen-bond donors (Lipinski definition) is 1. The van der Waals surface area contributed by atoms with Gasteiger partial charge in [-0.25, -0.2) is 0 Å². The lowest BCUT2D eigenvalue weighted by molar-refractivity contribution is 0.375. The number of para-hydroxylation sites is 1. The maximum atomic E-state index is 5.28. The highest BCUT2D eigenvalue weighted by molar-refractivity contribution is 5.57. The zero-order valence-corrected chi connectivity index (χ0v) is 12.7. The molecule has 2 rings (SSSR count). The maximum Gasteiger partial charge on any atom is 0.245 e. The molecule has 0 unspecified atom stereocenters. The number of nitrogens with one attached hydrogen (secondary N) is 1. The summed E-state index contributed by atoms with van der Waals surface area (Å²) in [4.78, 5) is 4.41. The minimum atomic E-state index is 0.538. The van der Waals surface area contributed by atoms with Crippen molar-refractivity contribution in [3.05, 3.63) is 41.0 Å². The zero-order chi connectivity index (χ0) is 14.5. The van der Waals surface area contributed by atoms with Crippen LogP contribution in [0.2, 0.25) is 0 Å². The zero-order valence-electron chi connectivity index (χ0n) is 12.7. The van der Waals surface area contributed by atoms with E-state index in [-0.39, 0.29) is 0 Å². The van der Waals surface area contributed by atoms with Crippen molar-refractivity contribution in [3.8, 4) is 0 Å². The van der Waals surface area contributed by atoms with Crippen molar-refractivity contribution in [1.82, 2.24) is 10.1 Å². The van der Waals surface area contributed by atoms with Gasteiger partial charge in [-0.05, 0) is 30.4 Å². The van der Waals surface area contributed by atoms with Gasteiger partial charge in [0.25, 0.3) is 0 Å². The van der Waals surface area contributed by atoms with E-state index in [0.717, 1.165) is 18.7 Å². The highest BCUT2D eigenvalue weighted by atomic mass is 16.5. The minimum absolute atomic E-state index is 0.538. The van der Waals surface area contributed by atoms with Crippen LogP contribution in [0.3, 0.4) is 0 Å². The molecule has 0 bridgehead atoms. The summed E-state index contributed by atoms with van der Waals surface area (Å²) >= 11 is 0. The van der Waals surface area contributed by atoms with E-state index < -0.39 is 0 Å². The lowest BCUT2D eigenvalue weighted by atomic mass is 10.1. The summed E-state index contributed by atoms with van der Waals surface area (Å²) in [5.74, 6) is 1.97. The highest BCUT2D eigenvalue weighted by Gasteiger charge is 2.09. The highest BCUT2D eigenvalue weighted by Crippen LogP contribution is 2.21. The van der Waals surface area contributed by atoms with Gasteiger partial charge in [0, 0.05) is 12.1 Å². The molecule has 0 atom stereocenters.